The summed E-state index contributed by atoms with van der Waals surface area (Å²) in [5.74, 6) is 0.231. The smallest absolute Gasteiger partial charge is 0.255 e. The zero-order valence-electron chi connectivity index (χ0n) is 11.2. The van der Waals surface area contributed by atoms with Crippen LogP contribution in [0.4, 0.5) is 11.4 Å². The number of rotatable bonds is 3. The van der Waals surface area contributed by atoms with Crippen LogP contribution in [0.2, 0.25) is 5.02 Å². The van der Waals surface area contributed by atoms with E-state index in [0.29, 0.717) is 27.7 Å². The molecule has 0 fully saturated rings. The van der Waals surface area contributed by atoms with E-state index in [9.17, 15) is 4.79 Å². The standard InChI is InChI=1S/C15H15ClN2O2/c1-9-11(16)4-3-5-13(9)18-15(19)10-6-7-12(17)14(8-10)20-2/h3-8H,17H2,1-2H3,(H,18,19). The number of ether oxygens (including phenoxy) is 1. The molecule has 104 valence electrons. The third-order valence-corrected chi connectivity index (χ3v) is 3.42. The Kier molecular flexibility index (Phi) is 4.15. The molecule has 3 N–H and O–H groups in total. The third kappa shape index (κ3) is 2.86. The highest BCUT2D eigenvalue weighted by atomic mass is 35.5. The zero-order valence-corrected chi connectivity index (χ0v) is 12.0. The summed E-state index contributed by atoms with van der Waals surface area (Å²) >= 11 is 6.02. The molecule has 20 heavy (non-hydrogen) atoms. The van der Waals surface area contributed by atoms with Gasteiger partial charge in [0.15, 0.2) is 0 Å². The summed E-state index contributed by atoms with van der Waals surface area (Å²) in [5.41, 5.74) is 8.18. The van der Waals surface area contributed by atoms with Gasteiger partial charge in [-0.05, 0) is 42.8 Å². The highest BCUT2D eigenvalue weighted by molar-refractivity contribution is 6.31. The Morgan fingerprint density at radius 2 is 2.05 bits per heavy atom. The van der Waals surface area contributed by atoms with Gasteiger partial charge in [-0.1, -0.05) is 17.7 Å². The molecule has 0 bridgehead atoms. The van der Waals surface area contributed by atoms with E-state index in [2.05, 4.69) is 5.32 Å². The van der Waals surface area contributed by atoms with Crippen molar-refractivity contribution in [2.45, 2.75) is 6.92 Å². The maximum absolute atomic E-state index is 12.2. The van der Waals surface area contributed by atoms with Crippen molar-refractivity contribution in [3.8, 4) is 5.75 Å². The fourth-order valence-electron chi connectivity index (χ4n) is 1.79. The molecular formula is C15H15ClN2O2. The fraction of sp³-hybridized carbons (Fsp3) is 0.133. The van der Waals surface area contributed by atoms with Crippen molar-refractivity contribution >= 4 is 28.9 Å². The first kappa shape index (κ1) is 14.2. The fourth-order valence-corrected chi connectivity index (χ4v) is 1.96. The van der Waals surface area contributed by atoms with Gasteiger partial charge < -0.3 is 15.8 Å². The number of benzene rings is 2. The number of nitrogens with one attached hydrogen (secondary N) is 1. The Morgan fingerprint density at radius 3 is 2.75 bits per heavy atom. The lowest BCUT2D eigenvalue weighted by Crippen LogP contribution is -2.13. The maximum atomic E-state index is 12.2. The molecule has 0 atom stereocenters. The lowest BCUT2D eigenvalue weighted by Gasteiger charge is -2.11. The van der Waals surface area contributed by atoms with E-state index >= 15 is 0 Å². The topological polar surface area (TPSA) is 64.3 Å². The molecule has 5 heteroatoms. The molecule has 0 aromatic heterocycles. The molecular weight excluding hydrogens is 276 g/mol. The van der Waals surface area contributed by atoms with Crippen molar-refractivity contribution in [2.75, 3.05) is 18.2 Å². The first-order valence-corrected chi connectivity index (χ1v) is 6.40. The molecule has 2 rings (SSSR count). The predicted octanol–water partition coefficient (Wildman–Crippen LogP) is 3.49. The van der Waals surface area contributed by atoms with Gasteiger partial charge in [-0.25, -0.2) is 0 Å². The number of methoxy groups -OCH3 is 1. The summed E-state index contributed by atoms with van der Waals surface area (Å²) in [4.78, 5) is 12.2. The van der Waals surface area contributed by atoms with Gasteiger partial charge in [-0.2, -0.15) is 0 Å². The number of hydrogen-bond donors (Lipinski definition) is 2. The van der Waals surface area contributed by atoms with Crippen LogP contribution in [-0.4, -0.2) is 13.0 Å². The van der Waals surface area contributed by atoms with Gasteiger partial charge in [0, 0.05) is 16.3 Å². The number of amides is 1. The van der Waals surface area contributed by atoms with Crippen molar-refractivity contribution in [1.82, 2.24) is 0 Å². The summed E-state index contributed by atoms with van der Waals surface area (Å²) < 4.78 is 5.10. The van der Waals surface area contributed by atoms with Crippen molar-refractivity contribution in [2.24, 2.45) is 0 Å². The Balaban J connectivity index is 2.26. The number of nitrogens with two attached hydrogens (primary N) is 1. The molecule has 0 spiro atoms. The minimum Gasteiger partial charge on any atom is -0.495 e. The second-order valence-electron chi connectivity index (χ2n) is 4.32. The number of halogens is 1. The molecule has 0 saturated heterocycles. The van der Waals surface area contributed by atoms with Gasteiger partial charge >= 0.3 is 0 Å². The minimum absolute atomic E-state index is 0.242. The van der Waals surface area contributed by atoms with Gasteiger partial charge in [-0.3, -0.25) is 4.79 Å². The second kappa shape index (κ2) is 5.84. The zero-order chi connectivity index (χ0) is 14.7. The molecule has 0 radical (unpaired) electrons. The molecule has 1 amide bonds. The largest absolute Gasteiger partial charge is 0.495 e. The predicted molar refractivity (Wildman–Crippen MR) is 81.5 cm³/mol. The van der Waals surface area contributed by atoms with Gasteiger partial charge in [0.25, 0.3) is 5.91 Å². The van der Waals surface area contributed by atoms with Gasteiger partial charge in [-0.15, -0.1) is 0 Å². The highest BCUT2D eigenvalue weighted by Crippen LogP contribution is 2.25. The van der Waals surface area contributed by atoms with Crippen LogP contribution in [0.1, 0.15) is 15.9 Å². The van der Waals surface area contributed by atoms with Crippen LogP contribution in [0, 0.1) is 6.92 Å². The van der Waals surface area contributed by atoms with Crippen molar-refractivity contribution < 1.29 is 9.53 Å². The lowest BCUT2D eigenvalue weighted by atomic mass is 10.1. The summed E-state index contributed by atoms with van der Waals surface area (Å²) in [7, 11) is 1.51. The highest BCUT2D eigenvalue weighted by Gasteiger charge is 2.11. The van der Waals surface area contributed by atoms with Crippen LogP contribution in [-0.2, 0) is 0 Å². The van der Waals surface area contributed by atoms with Crippen molar-refractivity contribution in [1.29, 1.82) is 0 Å². The average Bonchev–Trinajstić information content (AvgIpc) is 2.44. The summed E-state index contributed by atoms with van der Waals surface area (Å²) in [6, 6.07) is 10.2. The molecule has 0 heterocycles. The first-order valence-electron chi connectivity index (χ1n) is 6.03. The molecule has 0 aliphatic carbocycles. The molecule has 4 nitrogen and oxygen atoms in total. The van der Waals surface area contributed by atoms with Gasteiger partial charge in [0.1, 0.15) is 5.75 Å². The third-order valence-electron chi connectivity index (χ3n) is 3.01. The van der Waals surface area contributed by atoms with Crippen molar-refractivity contribution in [3.63, 3.8) is 0 Å². The van der Waals surface area contributed by atoms with Crippen LogP contribution in [0.25, 0.3) is 0 Å². The molecule has 0 aliphatic rings. The average molecular weight is 291 g/mol. The monoisotopic (exact) mass is 290 g/mol. The Bertz CT molecular complexity index is 656. The molecule has 2 aromatic rings. The van der Waals surface area contributed by atoms with Gasteiger partial charge in [0.05, 0.1) is 12.8 Å². The van der Waals surface area contributed by atoms with Crippen molar-refractivity contribution in [3.05, 3.63) is 52.5 Å². The van der Waals surface area contributed by atoms with E-state index in [1.54, 1.807) is 36.4 Å². The summed E-state index contributed by atoms with van der Waals surface area (Å²) in [6.07, 6.45) is 0. The molecule has 0 saturated carbocycles. The van der Waals surface area contributed by atoms with Crippen LogP contribution in [0.15, 0.2) is 36.4 Å². The second-order valence-corrected chi connectivity index (χ2v) is 4.73. The SMILES string of the molecule is COc1cc(C(=O)Nc2cccc(Cl)c2C)ccc1N. The van der Waals surface area contributed by atoms with Gasteiger partial charge in [0.2, 0.25) is 0 Å². The number of nitrogen functional groups attached to an aromatic ring is 1. The first-order chi connectivity index (χ1) is 9.52. The Morgan fingerprint density at radius 1 is 1.30 bits per heavy atom. The van der Waals surface area contributed by atoms with E-state index < -0.39 is 0 Å². The normalized spacial score (nSPS) is 10.2. The lowest BCUT2D eigenvalue weighted by molar-refractivity contribution is 0.102. The van der Waals surface area contributed by atoms with E-state index in [4.69, 9.17) is 22.1 Å². The van der Waals surface area contributed by atoms with Crippen LogP contribution >= 0.6 is 11.6 Å². The van der Waals surface area contributed by atoms with Crippen LogP contribution in [0.3, 0.4) is 0 Å². The quantitative estimate of drug-likeness (QED) is 0.851. The van der Waals surface area contributed by atoms with E-state index in [1.807, 2.05) is 6.92 Å². The minimum atomic E-state index is -0.242. The van der Waals surface area contributed by atoms with Crippen LogP contribution in [0.5, 0.6) is 5.75 Å². The molecule has 2 aromatic carbocycles. The summed E-state index contributed by atoms with van der Waals surface area (Å²) in [6.45, 7) is 1.85. The van der Waals surface area contributed by atoms with E-state index in [-0.39, 0.29) is 5.91 Å². The Labute approximate surface area is 122 Å². The molecule has 0 aliphatic heterocycles. The van der Waals surface area contributed by atoms with Crippen LogP contribution < -0.4 is 15.8 Å². The number of carbonyl (C=O) groups is 1. The maximum Gasteiger partial charge on any atom is 0.255 e. The summed E-state index contributed by atoms with van der Waals surface area (Å²) in [5, 5.41) is 3.43. The number of anilines is 2. The molecule has 0 unspecified atom stereocenters. The Hall–Kier alpha value is -2.20. The van der Waals surface area contributed by atoms with E-state index in [1.165, 1.54) is 7.11 Å². The van der Waals surface area contributed by atoms with E-state index in [0.717, 1.165) is 5.56 Å². The number of carbonyl (C=O) groups excluding carboxylic acids is 1. The number of hydrogen-bond acceptors (Lipinski definition) is 3.